The summed E-state index contributed by atoms with van der Waals surface area (Å²) in [6.07, 6.45) is 5.24. The van der Waals surface area contributed by atoms with Crippen molar-refractivity contribution in [2.24, 2.45) is 5.92 Å². The van der Waals surface area contributed by atoms with E-state index in [4.69, 9.17) is 4.74 Å². The maximum atomic E-state index is 5.47. The Balaban J connectivity index is 2.22. The molecule has 0 aliphatic carbocycles. The molecule has 1 saturated heterocycles. The summed E-state index contributed by atoms with van der Waals surface area (Å²) in [5.74, 6) is 0.652. The first-order valence-electron chi connectivity index (χ1n) is 7.11. The zero-order valence-electron chi connectivity index (χ0n) is 11.5. The van der Waals surface area contributed by atoms with Gasteiger partial charge in [-0.25, -0.2) is 0 Å². The topological polar surface area (TPSA) is 34.2 Å². The molecule has 1 aliphatic heterocycles. The van der Waals surface area contributed by atoms with Gasteiger partial charge in [0.15, 0.2) is 0 Å². The van der Waals surface area contributed by atoms with E-state index in [0.29, 0.717) is 12.0 Å². The van der Waals surface area contributed by atoms with Gasteiger partial charge < -0.3 is 10.1 Å². The van der Waals surface area contributed by atoms with Gasteiger partial charge in [0, 0.05) is 19.4 Å². The monoisotopic (exact) mass is 248 g/mol. The van der Waals surface area contributed by atoms with Crippen LogP contribution in [0.3, 0.4) is 0 Å². The van der Waals surface area contributed by atoms with Crippen molar-refractivity contribution in [1.29, 1.82) is 0 Å². The number of hydrogen-bond acceptors (Lipinski definition) is 3. The Morgan fingerprint density at radius 2 is 2.17 bits per heavy atom. The number of nitrogens with zero attached hydrogens (tertiary/aromatic N) is 1. The molecule has 1 aromatic heterocycles. The predicted octanol–water partition coefficient (Wildman–Crippen LogP) is 2.72. The summed E-state index contributed by atoms with van der Waals surface area (Å²) in [6, 6.07) is 4.62. The van der Waals surface area contributed by atoms with Crippen molar-refractivity contribution in [3.63, 3.8) is 0 Å². The molecule has 2 rings (SSSR count). The van der Waals surface area contributed by atoms with Crippen molar-refractivity contribution in [2.45, 2.75) is 39.2 Å². The second kappa shape index (κ2) is 6.86. The highest BCUT2D eigenvalue weighted by Gasteiger charge is 2.26. The lowest BCUT2D eigenvalue weighted by Gasteiger charge is -2.31. The SMILES string of the molecule is CCNC(c1ncccc1CC)C1CCOCC1. The predicted molar refractivity (Wildman–Crippen MR) is 73.6 cm³/mol. The van der Waals surface area contributed by atoms with Gasteiger partial charge in [-0.05, 0) is 43.4 Å². The van der Waals surface area contributed by atoms with E-state index in [0.717, 1.165) is 39.0 Å². The van der Waals surface area contributed by atoms with Crippen LogP contribution in [0.15, 0.2) is 18.3 Å². The number of hydrogen-bond donors (Lipinski definition) is 1. The maximum Gasteiger partial charge on any atom is 0.0607 e. The summed E-state index contributed by atoms with van der Waals surface area (Å²) in [5, 5.41) is 3.63. The minimum atomic E-state index is 0.384. The second-order valence-electron chi connectivity index (χ2n) is 4.89. The van der Waals surface area contributed by atoms with E-state index in [2.05, 4.69) is 30.2 Å². The maximum absolute atomic E-state index is 5.47. The number of aromatic nitrogens is 1. The number of rotatable bonds is 5. The van der Waals surface area contributed by atoms with Crippen molar-refractivity contribution in [3.05, 3.63) is 29.6 Å². The molecule has 1 fully saturated rings. The Hall–Kier alpha value is -0.930. The third-order valence-electron chi connectivity index (χ3n) is 3.76. The molecule has 0 amide bonds. The Bertz CT molecular complexity index is 361. The molecule has 3 heteroatoms. The van der Waals surface area contributed by atoms with Crippen molar-refractivity contribution in [1.82, 2.24) is 10.3 Å². The van der Waals surface area contributed by atoms with E-state index in [1.54, 1.807) is 0 Å². The van der Waals surface area contributed by atoms with E-state index < -0.39 is 0 Å². The van der Waals surface area contributed by atoms with E-state index in [1.807, 2.05) is 12.3 Å². The van der Waals surface area contributed by atoms with E-state index in [9.17, 15) is 0 Å². The van der Waals surface area contributed by atoms with Crippen LogP contribution >= 0.6 is 0 Å². The molecule has 1 unspecified atom stereocenters. The van der Waals surface area contributed by atoms with Crippen LogP contribution in [-0.2, 0) is 11.2 Å². The Morgan fingerprint density at radius 1 is 1.39 bits per heavy atom. The summed E-state index contributed by atoms with van der Waals surface area (Å²) in [4.78, 5) is 4.64. The largest absolute Gasteiger partial charge is 0.381 e. The summed E-state index contributed by atoms with van der Waals surface area (Å²) >= 11 is 0. The van der Waals surface area contributed by atoms with Crippen LogP contribution in [0.2, 0.25) is 0 Å². The summed E-state index contributed by atoms with van der Waals surface area (Å²) in [5.41, 5.74) is 2.61. The molecule has 100 valence electrons. The number of pyridine rings is 1. The quantitative estimate of drug-likeness (QED) is 0.870. The minimum Gasteiger partial charge on any atom is -0.381 e. The van der Waals surface area contributed by atoms with Gasteiger partial charge in [0.25, 0.3) is 0 Å². The number of aryl methyl sites for hydroxylation is 1. The van der Waals surface area contributed by atoms with Crippen LogP contribution in [-0.4, -0.2) is 24.7 Å². The highest BCUT2D eigenvalue weighted by Crippen LogP contribution is 2.30. The zero-order chi connectivity index (χ0) is 12.8. The molecule has 1 aromatic rings. The minimum absolute atomic E-state index is 0.384. The van der Waals surface area contributed by atoms with Gasteiger partial charge in [-0.1, -0.05) is 19.9 Å². The van der Waals surface area contributed by atoms with Gasteiger partial charge in [0.05, 0.1) is 11.7 Å². The molecule has 0 spiro atoms. The Morgan fingerprint density at radius 3 is 2.83 bits per heavy atom. The molecule has 1 atom stereocenters. The average Bonchev–Trinajstić information content (AvgIpc) is 2.46. The van der Waals surface area contributed by atoms with E-state index in [-0.39, 0.29) is 0 Å². The highest BCUT2D eigenvalue weighted by molar-refractivity contribution is 5.23. The molecule has 0 saturated carbocycles. The highest BCUT2D eigenvalue weighted by atomic mass is 16.5. The number of ether oxygens (including phenoxy) is 1. The van der Waals surface area contributed by atoms with Crippen molar-refractivity contribution in [2.75, 3.05) is 19.8 Å². The van der Waals surface area contributed by atoms with Crippen LogP contribution in [0.4, 0.5) is 0 Å². The standard InChI is InChI=1S/C15H24N2O/c1-3-12-6-5-9-17-14(12)15(16-4-2)13-7-10-18-11-8-13/h5-6,9,13,15-16H,3-4,7-8,10-11H2,1-2H3. The van der Waals surface area contributed by atoms with Crippen molar-refractivity contribution >= 4 is 0 Å². The Kier molecular flexibility index (Phi) is 5.14. The molecular weight excluding hydrogens is 224 g/mol. The first-order valence-corrected chi connectivity index (χ1v) is 7.11. The Labute approximate surface area is 110 Å². The van der Waals surface area contributed by atoms with Gasteiger partial charge in [-0.15, -0.1) is 0 Å². The van der Waals surface area contributed by atoms with E-state index >= 15 is 0 Å². The average molecular weight is 248 g/mol. The van der Waals surface area contributed by atoms with Crippen molar-refractivity contribution in [3.8, 4) is 0 Å². The molecular formula is C15H24N2O. The van der Waals surface area contributed by atoms with Gasteiger partial charge in [-0.3, -0.25) is 4.98 Å². The van der Waals surface area contributed by atoms with Crippen LogP contribution in [0.5, 0.6) is 0 Å². The summed E-state index contributed by atoms with van der Waals surface area (Å²) in [7, 11) is 0. The molecule has 2 heterocycles. The second-order valence-corrected chi connectivity index (χ2v) is 4.89. The van der Waals surface area contributed by atoms with E-state index in [1.165, 1.54) is 11.3 Å². The lowest BCUT2D eigenvalue weighted by Crippen LogP contribution is -2.33. The third-order valence-corrected chi connectivity index (χ3v) is 3.76. The first kappa shape index (κ1) is 13.5. The fourth-order valence-electron chi connectivity index (χ4n) is 2.79. The van der Waals surface area contributed by atoms with Crippen LogP contribution in [0.25, 0.3) is 0 Å². The van der Waals surface area contributed by atoms with Gasteiger partial charge in [-0.2, -0.15) is 0 Å². The fourth-order valence-corrected chi connectivity index (χ4v) is 2.79. The third kappa shape index (κ3) is 3.09. The molecule has 1 N–H and O–H groups in total. The van der Waals surface area contributed by atoms with Crippen LogP contribution < -0.4 is 5.32 Å². The van der Waals surface area contributed by atoms with Crippen molar-refractivity contribution < 1.29 is 4.74 Å². The molecule has 0 radical (unpaired) electrons. The summed E-state index contributed by atoms with van der Waals surface area (Å²) in [6.45, 7) is 7.14. The molecule has 3 nitrogen and oxygen atoms in total. The fraction of sp³-hybridized carbons (Fsp3) is 0.667. The van der Waals surface area contributed by atoms with Crippen LogP contribution in [0, 0.1) is 5.92 Å². The first-order chi connectivity index (χ1) is 8.86. The molecule has 0 aromatic carbocycles. The van der Waals surface area contributed by atoms with Gasteiger partial charge in [0.1, 0.15) is 0 Å². The van der Waals surface area contributed by atoms with Gasteiger partial charge >= 0.3 is 0 Å². The zero-order valence-corrected chi connectivity index (χ0v) is 11.5. The van der Waals surface area contributed by atoms with Crippen LogP contribution in [0.1, 0.15) is 44.0 Å². The normalized spacial score (nSPS) is 18.8. The molecule has 18 heavy (non-hydrogen) atoms. The number of nitrogens with one attached hydrogen (secondary N) is 1. The summed E-state index contributed by atoms with van der Waals surface area (Å²) < 4.78 is 5.47. The smallest absolute Gasteiger partial charge is 0.0607 e. The molecule has 0 bridgehead atoms. The lowest BCUT2D eigenvalue weighted by molar-refractivity contribution is 0.0532. The lowest BCUT2D eigenvalue weighted by atomic mass is 9.87. The van der Waals surface area contributed by atoms with Gasteiger partial charge in [0.2, 0.25) is 0 Å². The molecule has 1 aliphatic rings.